The Balaban J connectivity index is 2.07. The highest BCUT2D eigenvalue weighted by molar-refractivity contribution is 5.74. The Hall–Kier alpha value is -2.50. The van der Waals surface area contributed by atoms with Gasteiger partial charge in [0.1, 0.15) is 11.2 Å². The zero-order valence-corrected chi connectivity index (χ0v) is 9.51. The molecule has 0 radical (unpaired) electrons. The molecule has 3 rings (SSSR count). The zero-order chi connectivity index (χ0) is 12.5. The Morgan fingerprint density at radius 3 is 2.83 bits per heavy atom. The van der Waals surface area contributed by atoms with Gasteiger partial charge in [0, 0.05) is 13.1 Å². The van der Waals surface area contributed by atoms with Gasteiger partial charge >= 0.3 is 0 Å². The molecule has 3 aromatic rings. The average molecular weight is 244 g/mol. The summed E-state index contributed by atoms with van der Waals surface area (Å²) < 4.78 is 18.4. The zero-order valence-electron chi connectivity index (χ0n) is 9.51. The van der Waals surface area contributed by atoms with Gasteiger partial charge in [-0.25, -0.2) is 15.0 Å². The van der Waals surface area contributed by atoms with E-state index in [9.17, 15) is 4.39 Å². The summed E-state index contributed by atoms with van der Waals surface area (Å²) in [4.78, 5) is 11.9. The number of hydrogen-bond donors (Lipinski definition) is 1. The Labute approximate surface area is 102 Å². The second-order valence-electron chi connectivity index (χ2n) is 3.68. The molecule has 0 bridgehead atoms. The summed E-state index contributed by atoms with van der Waals surface area (Å²) in [6, 6.07) is 4.84. The fraction of sp³-hybridized carbons (Fsp3) is 0.0833. The van der Waals surface area contributed by atoms with E-state index in [0.717, 1.165) is 5.69 Å². The van der Waals surface area contributed by atoms with Crippen molar-refractivity contribution < 1.29 is 8.81 Å². The molecule has 0 aromatic carbocycles. The Morgan fingerprint density at radius 1 is 1.22 bits per heavy atom. The van der Waals surface area contributed by atoms with E-state index in [4.69, 9.17) is 4.42 Å². The third-order valence-corrected chi connectivity index (χ3v) is 2.51. The smallest absolute Gasteiger partial charge is 0.246 e. The molecular weight excluding hydrogens is 235 g/mol. The molecule has 0 amide bonds. The highest BCUT2D eigenvalue weighted by Gasteiger charge is 2.10. The number of pyridine rings is 2. The van der Waals surface area contributed by atoms with E-state index >= 15 is 0 Å². The van der Waals surface area contributed by atoms with Crippen molar-refractivity contribution in [2.45, 2.75) is 0 Å². The molecule has 18 heavy (non-hydrogen) atoms. The van der Waals surface area contributed by atoms with E-state index in [1.54, 1.807) is 12.3 Å². The van der Waals surface area contributed by atoms with E-state index in [-0.39, 0.29) is 0 Å². The molecule has 3 heterocycles. The average Bonchev–Trinajstić information content (AvgIpc) is 2.81. The highest BCUT2D eigenvalue weighted by atomic mass is 19.1. The standard InChI is InChI=1S/C12H9FN4O/c1-14-7-2-3-8(15-5-7)12-17-9-6-16-11(13)4-10(9)18-12/h2-6,14H,1H3. The van der Waals surface area contributed by atoms with Crippen molar-refractivity contribution in [2.24, 2.45) is 0 Å². The van der Waals surface area contributed by atoms with Crippen LogP contribution in [-0.4, -0.2) is 22.0 Å². The number of fused-ring (bicyclic) bond motifs is 1. The summed E-state index contributed by atoms with van der Waals surface area (Å²) in [5.41, 5.74) is 2.34. The summed E-state index contributed by atoms with van der Waals surface area (Å²) >= 11 is 0. The molecule has 0 aliphatic heterocycles. The molecule has 5 nitrogen and oxygen atoms in total. The minimum absolute atomic E-state index is 0.347. The second-order valence-corrected chi connectivity index (χ2v) is 3.68. The van der Waals surface area contributed by atoms with Gasteiger partial charge in [-0.2, -0.15) is 4.39 Å². The van der Waals surface area contributed by atoms with E-state index in [1.165, 1.54) is 12.3 Å². The number of rotatable bonds is 2. The first kappa shape index (κ1) is 10.6. The first-order chi connectivity index (χ1) is 8.76. The minimum Gasteiger partial charge on any atom is -0.434 e. The maximum atomic E-state index is 12.9. The number of oxazole rings is 1. The van der Waals surface area contributed by atoms with Crippen LogP contribution in [0.2, 0.25) is 0 Å². The van der Waals surface area contributed by atoms with Gasteiger partial charge in [0.25, 0.3) is 0 Å². The van der Waals surface area contributed by atoms with Crippen molar-refractivity contribution in [3.8, 4) is 11.6 Å². The van der Waals surface area contributed by atoms with E-state index in [2.05, 4.69) is 20.3 Å². The molecule has 0 aliphatic rings. The van der Waals surface area contributed by atoms with Crippen LogP contribution < -0.4 is 5.32 Å². The van der Waals surface area contributed by atoms with Crippen molar-refractivity contribution >= 4 is 16.8 Å². The fourth-order valence-corrected chi connectivity index (χ4v) is 1.59. The molecule has 0 atom stereocenters. The summed E-state index contributed by atoms with van der Waals surface area (Å²) in [7, 11) is 1.81. The van der Waals surface area contributed by atoms with Crippen LogP contribution in [0.1, 0.15) is 0 Å². The van der Waals surface area contributed by atoms with Gasteiger partial charge in [-0.15, -0.1) is 0 Å². The lowest BCUT2D eigenvalue weighted by molar-refractivity contribution is 0.574. The minimum atomic E-state index is -0.594. The van der Waals surface area contributed by atoms with Crippen molar-refractivity contribution in [2.75, 3.05) is 12.4 Å². The van der Waals surface area contributed by atoms with Crippen LogP contribution in [-0.2, 0) is 0 Å². The molecule has 0 spiro atoms. The maximum absolute atomic E-state index is 12.9. The van der Waals surface area contributed by atoms with Crippen LogP contribution >= 0.6 is 0 Å². The van der Waals surface area contributed by atoms with E-state index in [0.29, 0.717) is 22.7 Å². The number of aromatic nitrogens is 3. The predicted molar refractivity (Wildman–Crippen MR) is 64.5 cm³/mol. The van der Waals surface area contributed by atoms with Gasteiger partial charge < -0.3 is 9.73 Å². The Bertz CT molecular complexity index is 693. The summed E-state index contributed by atoms with van der Waals surface area (Å²) in [6.45, 7) is 0. The van der Waals surface area contributed by atoms with Gasteiger partial charge in [0.15, 0.2) is 5.58 Å². The van der Waals surface area contributed by atoms with Crippen LogP contribution in [0.15, 0.2) is 35.0 Å². The highest BCUT2D eigenvalue weighted by Crippen LogP contribution is 2.23. The molecule has 0 unspecified atom stereocenters. The molecule has 0 aliphatic carbocycles. The number of hydrogen-bond acceptors (Lipinski definition) is 5. The van der Waals surface area contributed by atoms with Crippen LogP contribution in [0.5, 0.6) is 0 Å². The summed E-state index contributed by atoms with van der Waals surface area (Å²) in [5.74, 6) is -0.247. The van der Waals surface area contributed by atoms with Gasteiger partial charge in [0.05, 0.1) is 18.1 Å². The first-order valence-corrected chi connectivity index (χ1v) is 5.32. The van der Waals surface area contributed by atoms with Crippen molar-refractivity contribution in [1.82, 2.24) is 15.0 Å². The van der Waals surface area contributed by atoms with Crippen molar-refractivity contribution in [3.05, 3.63) is 36.5 Å². The second kappa shape index (κ2) is 4.06. The molecule has 0 saturated carbocycles. The van der Waals surface area contributed by atoms with Crippen LogP contribution in [0, 0.1) is 5.95 Å². The quantitative estimate of drug-likeness (QED) is 0.701. The number of anilines is 1. The fourth-order valence-electron chi connectivity index (χ4n) is 1.59. The SMILES string of the molecule is CNc1ccc(-c2nc3cnc(F)cc3o2)nc1. The Morgan fingerprint density at radius 2 is 2.11 bits per heavy atom. The number of nitrogens with one attached hydrogen (secondary N) is 1. The number of halogens is 1. The van der Waals surface area contributed by atoms with Crippen LogP contribution in [0.3, 0.4) is 0 Å². The summed E-state index contributed by atoms with van der Waals surface area (Å²) in [6.07, 6.45) is 3.00. The lowest BCUT2D eigenvalue weighted by Gasteiger charge is -1.98. The van der Waals surface area contributed by atoms with Gasteiger partial charge in [-0.1, -0.05) is 0 Å². The molecule has 0 saturated heterocycles. The lowest BCUT2D eigenvalue weighted by atomic mass is 10.3. The molecule has 0 fully saturated rings. The van der Waals surface area contributed by atoms with Crippen LogP contribution in [0.4, 0.5) is 10.1 Å². The Kier molecular flexibility index (Phi) is 2.40. The molecule has 90 valence electrons. The van der Waals surface area contributed by atoms with E-state index in [1.807, 2.05) is 13.1 Å². The molecule has 6 heteroatoms. The summed E-state index contributed by atoms with van der Waals surface area (Å²) in [5, 5.41) is 2.97. The topological polar surface area (TPSA) is 63.8 Å². The van der Waals surface area contributed by atoms with Crippen molar-refractivity contribution in [3.63, 3.8) is 0 Å². The van der Waals surface area contributed by atoms with Crippen LogP contribution in [0.25, 0.3) is 22.7 Å². The largest absolute Gasteiger partial charge is 0.434 e. The first-order valence-electron chi connectivity index (χ1n) is 5.32. The predicted octanol–water partition coefficient (Wildman–Crippen LogP) is 2.47. The number of nitrogens with zero attached hydrogens (tertiary/aromatic N) is 3. The lowest BCUT2D eigenvalue weighted by Crippen LogP contribution is -1.89. The van der Waals surface area contributed by atoms with Gasteiger partial charge in [-0.3, -0.25) is 0 Å². The van der Waals surface area contributed by atoms with E-state index < -0.39 is 5.95 Å². The molecular formula is C12H9FN4O. The maximum Gasteiger partial charge on any atom is 0.246 e. The monoisotopic (exact) mass is 244 g/mol. The third kappa shape index (κ3) is 1.77. The van der Waals surface area contributed by atoms with Gasteiger partial charge in [-0.05, 0) is 12.1 Å². The molecule has 1 N–H and O–H groups in total. The molecule has 3 aromatic heterocycles. The normalized spacial score (nSPS) is 10.8. The van der Waals surface area contributed by atoms with Crippen molar-refractivity contribution in [1.29, 1.82) is 0 Å². The third-order valence-electron chi connectivity index (χ3n) is 2.51. The van der Waals surface area contributed by atoms with Gasteiger partial charge in [0.2, 0.25) is 11.8 Å².